The molecule has 3 aromatic carbocycles. The number of rotatable bonds is 1. The van der Waals surface area contributed by atoms with Crippen LogP contribution >= 0.6 is 22.6 Å². The van der Waals surface area contributed by atoms with Gasteiger partial charge in [0.2, 0.25) is 0 Å². The van der Waals surface area contributed by atoms with Crippen molar-refractivity contribution < 1.29 is 4.74 Å². The number of aryl methyl sites for hydroxylation is 1. The molecule has 1 aliphatic carbocycles. The Kier molecular flexibility index (Phi) is 5.59. The topological polar surface area (TPSA) is 9.23 Å². The third kappa shape index (κ3) is 3.52. The van der Waals surface area contributed by atoms with Gasteiger partial charge in [0.05, 0.1) is 6.26 Å². The SMILES string of the molecule is C1=CCOC=C1.ICC1CCCc2ccc3c(ccc4ccccc43)c21. The summed E-state index contributed by atoms with van der Waals surface area (Å²) in [6.45, 7) is 0.733. The minimum atomic E-state index is 0.733. The van der Waals surface area contributed by atoms with E-state index >= 15 is 0 Å². The van der Waals surface area contributed by atoms with Crippen molar-refractivity contribution in [2.75, 3.05) is 11.0 Å². The molecule has 1 unspecified atom stereocenters. The van der Waals surface area contributed by atoms with Crippen molar-refractivity contribution in [3.8, 4) is 0 Å². The van der Waals surface area contributed by atoms with Gasteiger partial charge in [0.15, 0.2) is 0 Å². The van der Waals surface area contributed by atoms with E-state index in [2.05, 4.69) is 71.1 Å². The van der Waals surface area contributed by atoms with Crippen LogP contribution in [0.25, 0.3) is 21.5 Å². The molecule has 3 aromatic rings. The highest BCUT2D eigenvalue weighted by atomic mass is 127. The maximum absolute atomic E-state index is 4.80. The second-order valence-corrected chi connectivity index (χ2v) is 7.73. The summed E-state index contributed by atoms with van der Waals surface area (Å²) in [5, 5.41) is 5.66. The monoisotopic (exact) mass is 454 g/mol. The van der Waals surface area contributed by atoms with Crippen LogP contribution in [-0.4, -0.2) is 11.0 Å². The van der Waals surface area contributed by atoms with Crippen LogP contribution in [-0.2, 0) is 11.2 Å². The quantitative estimate of drug-likeness (QED) is 0.220. The summed E-state index contributed by atoms with van der Waals surface area (Å²) in [7, 11) is 0. The summed E-state index contributed by atoms with van der Waals surface area (Å²) >= 11 is 2.55. The van der Waals surface area contributed by atoms with Crippen LogP contribution in [0.1, 0.15) is 29.9 Å². The fourth-order valence-electron chi connectivity index (χ4n) is 4.04. The lowest BCUT2D eigenvalue weighted by molar-refractivity contribution is 0.286. The number of hydrogen-bond acceptors (Lipinski definition) is 1. The number of benzene rings is 3. The second kappa shape index (κ2) is 8.26. The first kappa shape index (κ1) is 17.6. The van der Waals surface area contributed by atoms with Crippen molar-refractivity contribution in [1.82, 2.24) is 0 Å². The van der Waals surface area contributed by atoms with Crippen molar-refractivity contribution in [1.29, 1.82) is 0 Å². The summed E-state index contributed by atoms with van der Waals surface area (Å²) < 4.78 is 6.03. The van der Waals surface area contributed by atoms with Gasteiger partial charge < -0.3 is 4.74 Å². The average Bonchev–Trinajstić information content (AvgIpc) is 2.74. The van der Waals surface area contributed by atoms with Crippen LogP contribution in [0, 0.1) is 0 Å². The van der Waals surface area contributed by atoms with E-state index in [1.807, 2.05) is 18.2 Å². The molecule has 0 aromatic heterocycles. The van der Waals surface area contributed by atoms with E-state index in [4.69, 9.17) is 4.74 Å². The average molecular weight is 454 g/mol. The van der Waals surface area contributed by atoms with Gasteiger partial charge in [-0.25, -0.2) is 0 Å². The Morgan fingerprint density at radius 1 is 0.923 bits per heavy atom. The van der Waals surface area contributed by atoms with E-state index in [0.29, 0.717) is 0 Å². The molecule has 0 saturated heterocycles. The zero-order valence-electron chi connectivity index (χ0n) is 14.8. The Balaban J connectivity index is 0.000000240. The number of halogens is 1. The molecule has 132 valence electrons. The summed E-state index contributed by atoms with van der Waals surface area (Å²) in [5.41, 5.74) is 3.22. The number of hydrogen-bond donors (Lipinski definition) is 0. The zero-order valence-corrected chi connectivity index (χ0v) is 17.0. The van der Waals surface area contributed by atoms with Gasteiger partial charge in [-0.05, 0) is 70.0 Å². The summed E-state index contributed by atoms with van der Waals surface area (Å²) in [6, 6.07) is 18.1. The fraction of sp³-hybridized carbons (Fsp3) is 0.250. The van der Waals surface area contributed by atoms with E-state index in [1.54, 1.807) is 17.4 Å². The van der Waals surface area contributed by atoms with Gasteiger partial charge in [-0.2, -0.15) is 0 Å². The molecule has 0 amide bonds. The molecule has 0 bridgehead atoms. The molecular formula is C24H23IO. The van der Waals surface area contributed by atoms with E-state index in [1.165, 1.54) is 45.2 Å². The maximum atomic E-state index is 4.80. The van der Waals surface area contributed by atoms with Crippen LogP contribution in [0.2, 0.25) is 0 Å². The molecular weight excluding hydrogens is 431 g/mol. The molecule has 1 nitrogen and oxygen atoms in total. The van der Waals surface area contributed by atoms with E-state index in [-0.39, 0.29) is 0 Å². The molecule has 5 rings (SSSR count). The molecule has 1 aliphatic heterocycles. The van der Waals surface area contributed by atoms with E-state index < -0.39 is 0 Å². The zero-order chi connectivity index (χ0) is 17.8. The normalized spacial score (nSPS) is 18.1. The van der Waals surface area contributed by atoms with Crippen molar-refractivity contribution in [3.05, 3.63) is 84.1 Å². The van der Waals surface area contributed by atoms with Gasteiger partial charge in [-0.3, -0.25) is 0 Å². The standard InChI is InChI=1S/C19H17I.C5H6O/c20-12-15-6-3-5-14-9-10-17-16-7-2-1-4-13(16)8-11-18(17)19(14)15;1-2-4-6-5-3-1/h1-2,4,7-11,15H,3,5-6,12H2;1-4H,5H2. The number of alkyl halides is 1. The van der Waals surface area contributed by atoms with Crippen LogP contribution in [0.3, 0.4) is 0 Å². The van der Waals surface area contributed by atoms with Crippen molar-refractivity contribution in [3.63, 3.8) is 0 Å². The number of fused-ring (bicyclic) bond motifs is 5. The summed E-state index contributed by atoms with van der Waals surface area (Å²) in [5.74, 6) is 0.740. The van der Waals surface area contributed by atoms with Gasteiger partial charge in [0.25, 0.3) is 0 Å². The smallest absolute Gasteiger partial charge is 0.106 e. The fourth-order valence-corrected chi connectivity index (χ4v) is 4.92. The van der Waals surface area contributed by atoms with Crippen LogP contribution in [0.15, 0.2) is 73.0 Å². The first-order valence-electron chi connectivity index (χ1n) is 9.31. The third-order valence-corrected chi connectivity index (χ3v) is 6.33. The largest absolute Gasteiger partial charge is 0.497 e. The Labute approximate surface area is 168 Å². The predicted octanol–water partition coefficient (Wildman–Crippen LogP) is 6.93. The minimum Gasteiger partial charge on any atom is -0.497 e. The Morgan fingerprint density at radius 2 is 1.81 bits per heavy atom. The first-order valence-corrected chi connectivity index (χ1v) is 10.8. The molecule has 2 heteroatoms. The molecule has 1 atom stereocenters. The van der Waals surface area contributed by atoms with Crippen LogP contribution in [0.4, 0.5) is 0 Å². The molecule has 26 heavy (non-hydrogen) atoms. The van der Waals surface area contributed by atoms with Crippen molar-refractivity contribution in [2.24, 2.45) is 0 Å². The van der Waals surface area contributed by atoms with Gasteiger partial charge >= 0.3 is 0 Å². The Bertz CT molecular complexity index is 959. The molecule has 0 saturated carbocycles. The Morgan fingerprint density at radius 3 is 2.54 bits per heavy atom. The summed E-state index contributed by atoms with van der Waals surface area (Å²) in [4.78, 5) is 0. The molecule has 2 aliphatic rings. The van der Waals surface area contributed by atoms with Gasteiger partial charge in [-0.1, -0.05) is 77.2 Å². The number of ether oxygens (including phenoxy) is 1. The molecule has 0 spiro atoms. The van der Waals surface area contributed by atoms with Gasteiger partial charge in [-0.15, -0.1) is 0 Å². The van der Waals surface area contributed by atoms with E-state index in [9.17, 15) is 0 Å². The lowest BCUT2D eigenvalue weighted by atomic mass is 9.80. The predicted molar refractivity (Wildman–Crippen MR) is 120 cm³/mol. The van der Waals surface area contributed by atoms with Crippen molar-refractivity contribution in [2.45, 2.75) is 25.2 Å². The number of allylic oxidation sites excluding steroid dienone is 2. The molecule has 0 fully saturated rings. The first-order chi connectivity index (χ1) is 12.9. The van der Waals surface area contributed by atoms with E-state index in [0.717, 1.165) is 12.5 Å². The molecule has 1 heterocycles. The highest BCUT2D eigenvalue weighted by Gasteiger charge is 2.21. The molecule has 0 N–H and O–H groups in total. The van der Waals surface area contributed by atoms with Crippen LogP contribution in [0.5, 0.6) is 0 Å². The maximum Gasteiger partial charge on any atom is 0.106 e. The van der Waals surface area contributed by atoms with Crippen LogP contribution < -0.4 is 0 Å². The highest BCUT2D eigenvalue weighted by molar-refractivity contribution is 14.1. The third-order valence-electron chi connectivity index (χ3n) is 5.27. The summed E-state index contributed by atoms with van der Waals surface area (Å²) in [6.07, 6.45) is 11.4. The van der Waals surface area contributed by atoms with Gasteiger partial charge in [0.1, 0.15) is 6.61 Å². The van der Waals surface area contributed by atoms with Crippen molar-refractivity contribution >= 4 is 44.1 Å². The highest BCUT2D eigenvalue weighted by Crippen LogP contribution is 2.39. The second-order valence-electron chi connectivity index (χ2n) is 6.85. The lowest BCUT2D eigenvalue weighted by Gasteiger charge is -2.26. The van der Waals surface area contributed by atoms with Gasteiger partial charge in [0, 0.05) is 4.43 Å². The Hall–Kier alpha value is -1.81. The lowest BCUT2D eigenvalue weighted by Crippen LogP contribution is -2.11. The minimum absolute atomic E-state index is 0.733. The molecule has 0 radical (unpaired) electrons.